The first kappa shape index (κ1) is 27.6. The van der Waals surface area contributed by atoms with Crippen molar-refractivity contribution in [3.05, 3.63) is 71.3 Å². The second-order valence-electron chi connectivity index (χ2n) is 10.9. The Morgan fingerprint density at radius 3 is 2.16 bits per heavy atom. The molecule has 1 aliphatic carbocycles. The van der Waals surface area contributed by atoms with Crippen molar-refractivity contribution >= 4 is 0 Å². The summed E-state index contributed by atoms with van der Waals surface area (Å²) in [6.45, 7) is 2.77. The van der Waals surface area contributed by atoms with E-state index in [1.54, 1.807) is 14.1 Å². The number of aliphatic hydroxyl groups is 3. The van der Waals surface area contributed by atoms with Crippen LogP contribution in [0.2, 0.25) is 0 Å². The molecule has 2 saturated heterocycles. The first-order valence-corrected chi connectivity index (χ1v) is 13.5. The van der Waals surface area contributed by atoms with Crippen LogP contribution < -0.4 is 16.0 Å². The lowest BCUT2D eigenvalue weighted by Crippen LogP contribution is -2.77. The topological polar surface area (TPSA) is 124 Å². The quantitative estimate of drug-likeness (QED) is 0.288. The molecule has 208 valence electrons. The van der Waals surface area contributed by atoms with Crippen LogP contribution in [0.4, 0.5) is 0 Å². The normalized spacial score (nSPS) is 38.8. The molecule has 2 aromatic carbocycles. The van der Waals surface area contributed by atoms with Crippen molar-refractivity contribution in [2.45, 2.75) is 86.9 Å². The van der Waals surface area contributed by atoms with Crippen LogP contribution in [0.3, 0.4) is 0 Å². The number of hydrogen-bond acceptors (Lipinski definition) is 9. The van der Waals surface area contributed by atoms with Crippen LogP contribution in [-0.2, 0) is 27.2 Å². The van der Waals surface area contributed by atoms with Gasteiger partial charge in [-0.05, 0) is 44.1 Å². The molecule has 3 aliphatic rings. The zero-order chi connectivity index (χ0) is 26.9. The fraction of sp³-hybridized carbons (Fsp3) is 0.586. The fourth-order valence-corrected chi connectivity index (χ4v) is 6.26. The molecule has 0 bridgehead atoms. The number of aliphatic hydroxyl groups excluding tert-OH is 2. The van der Waals surface area contributed by atoms with Gasteiger partial charge in [-0.3, -0.25) is 0 Å². The largest absolute Gasteiger partial charge is 0.390 e. The summed E-state index contributed by atoms with van der Waals surface area (Å²) in [5, 5.41) is 43.1. The highest BCUT2D eigenvalue weighted by Gasteiger charge is 2.60. The Morgan fingerprint density at radius 1 is 0.816 bits per heavy atom. The maximum atomic E-state index is 11.8. The second kappa shape index (κ2) is 11.7. The molecule has 5 rings (SSSR count). The Hall–Kier alpha value is -1.92. The van der Waals surface area contributed by atoms with E-state index in [9.17, 15) is 15.3 Å². The summed E-state index contributed by atoms with van der Waals surface area (Å²) in [7, 11) is 3.43. The van der Waals surface area contributed by atoms with E-state index >= 15 is 0 Å². The average molecular weight is 528 g/mol. The molecule has 10 unspecified atom stereocenters. The van der Waals surface area contributed by atoms with Gasteiger partial charge >= 0.3 is 0 Å². The van der Waals surface area contributed by atoms with Gasteiger partial charge in [-0.2, -0.15) is 0 Å². The minimum atomic E-state index is -1.26. The molecule has 10 atom stereocenters. The van der Waals surface area contributed by atoms with Gasteiger partial charge in [0.2, 0.25) is 0 Å². The molecule has 3 fully saturated rings. The van der Waals surface area contributed by atoms with E-state index in [2.05, 4.69) is 64.5 Å². The standard InChI is InChI=1S/C29H41N3O6/c1-17-14-29(35,16-32-15-20-11-9-19(10-12-20)13-18-7-5-4-6-8-18)27-28(36-17)38-26-24(34)21(30-2)23(33)22(31-3)25(26)37-27/h4-12,17,21-28,30-35H,13-16H2,1-3H3. The Morgan fingerprint density at radius 2 is 1.47 bits per heavy atom. The zero-order valence-corrected chi connectivity index (χ0v) is 22.3. The van der Waals surface area contributed by atoms with E-state index in [0.29, 0.717) is 13.0 Å². The fourth-order valence-electron chi connectivity index (χ4n) is 6.26. The molecule has 0 spiro atoms. The molecule has 2 heterocycles. The van der Waals surface area contributed by atoms with Crippen LogP contribution in [0.25, 0.3) is 0 Å². The molecular weight excluding hydrogens is 486 g/mol. The van der Waals surface area contributed by atoms with Crippen LogP contribution in [0, 0.1) is 0 Å². The molecule has 0 amide bonds. The van der Waals surface area contributed by atoms with Crippen molar-refractivity contribution in [3.8, 4) is 0 Å². The highest BCUT2D eigenvalue weighted by Crippen LogP contribution is 2.40. The van der Waals surface area contributed by atoms with E-state index in [1.165, 1.54) is 11.1 Å². The van der Waals surface area contributed by atoms with Crippen LogP contribution in [0.15, 0.2) is 54.6 Å². The van der Waals surface area contributed by atoms with Crippen LogP contribution >= 0.6 is 0 Å². The van der Waals surface area contributed by atoms with E-state index in [4.69, 9.17) is 14.2 Å². The molecule has 9 heteroatoms. The summed E-state index contributed by atoms with van der Waals surface area (Å²) in [6, 6.07) is 17.8. The molecular formula is C29H41N3O6. The summed E-state index contributed by atoms with van der Waals surface area (Å²) in [5.41, 5.74) is 2.39. The second-order valence-corrected chi connectivity index (χ2v) is 10.9. The third kappa shape index (κ3) is 5.54. The Kier molecular flexibility index (Phi) is 8.49. The summed E-state index contributed by atoms with van der Waals surface area (Å²) in [4.78, 5) is 0. The zero-order valence-electron chi connectivity index (χ0n) is 22.3. The predicted octanol–water partition coefficient (Wildman–Crippen LogP) is 0.297. The van der Waals surface area contributed by atoms with E-state index in [-0.39, 0.29) is 12.6 Å². The van der Waals surface area contributed by atoms with E-state index in [0.717, 1.165) is 12.0 Å². The molecule has 2 aromatic rings. The molecule has 9 nitrogen and oxygen atoms in total. The van der Waals surface area contributed by atoms with Gasteiger partial charge in [-0.15, -0.1) is 0 Å². The maximum Gasteiger partial charge on any atom is 0.187 e. The van der Waals surface area contributed by atoms with Gasteiger partial charge in [0, 0.05) is 19.5 Å². The van der Waals surface area contributed by atoms with Gasteiger partial charge in [0.15, 0.2) is 6.29 Å². The van der Waals surface area contributed by atoms with Crippen LogP contribution in [-0.4, -0.2) is 96.6 Å². The van der Waals surface area contributed by atoms with Crippen molar-refractivity contribution in [1.29, 1.82) is 0 Å². The lowest BCUT2D eigenvalue weighted by atomic mass is 9.79. The lowest BCUT2D eigenvalue weighted by molar-refractivity contribution is -0.384. The highest BCUT2D eigenvalue weighted by molar-refractivity contribution is 5.28. The van der Waals surface area contributed by atoms with Gasteiger partial charge < -0.3 is 45.5 Å². The molecule has 1 saturated carbocycles. The van der Waals surface area contributed by atoms with Crippen LogP contribution in [0.5, 0.6) is 0 Å². The van der Waals surface area contributed by atoms with E-state index < -0.39 is 54.5 Å². The number of ether oxygens (including phenoxy) is 3. The van der Waals surface area contributed by atoms with Gasteiger partial charge in [0.25, 0.3) is 0 Å². The summed E-state index contributed by atoms with van der Waals surface area (Å²) < 4.78 is 18.7. The third-order valence-corrected chi connectivity index (χ3v) is 8.20. The minimum absolute atomic E-state index is 0.257. The molecule has 0 aromatic heterocycles. The molecule has 6 N–H and O–H groups in total. The molecule has 0 radical (unpaired) electrons. The summed E-state index contributed by atoms with van der Waals surface area (Å²) in [6.07, 6.45) is -3.88. The summed E-state index contributed by atoms with van der Waals surface area (Å²) >= 11 is 0. The van der Waals surface area contributed by atoms with Gasteiger partial charge in [-0.1, -0.05) is 54.6 Å². The first-order valence-electron chi connectivity index (χ1n) is 13.5. The smallest absolute Gasteiger partial charge is 0.187 e. The first-order chi connectivity index (χ1) is 18.3. The van der Waals surface area contributed by atoms with Gasteiger partial charge in [0.05, 0.1) is 24.3 Å². The third-order valence-electron chi connectivity index (χ3n) is 8.20. The number of likely N-dealkylation sites (N-methyl/N-ethyl adjacent to an activating group) is 2. The molecule has 2 aliphatic heterocycles. The molecule has 38 heavy (non-hydrogen) atoms. The maximum absolute atomic E-state index is 11.8. The monoisotopic (exact) mass is 527 g/mol. The number of fused-ring (bicyclic) bond motifs is 2. The van der Waals surface area contributed by atoms with Crippen molar-refractivity contribution in [2.24, 2.45) is 0 Å². The predicted molar refractivity (Wildman–Crippen MR) is 143 cm³/mol. The van der Waals surface area contributed by atoms with Gasteiger partial charge in [-0.25, -0.2) is 0 Å². The number of nitrogens with one attached hydrogen (secondary N) is 3. The number of rotatable bonds is 8. The van der Waals surface area contributed by atoms with Crippen molar-refractivity contribution in [3.63, 3.8) is 0 Å². The Balaban J connectivity index is 1.24. The Labute approximate surface area is 224 Å². The van der Waals surface area contributed by atoms with Crippen molar-refractivity contribution < 1.29 is 29.5 Å². The Bertz CT molecular complexity index is 1040. The SMILES string of the molecule is CNC1C(O)C(NC)C2OC3C(OC(C)CC3(O)CNCc3ccc(Cc4ccccc4)cc3)OC2C1O. The highest BCUT2D eigenvalue weighted by atomic mass is 16.7. The van der Waals surface area contributed by atoms with Crippen molar-refractivity contribution in [2.75, 3.05) is 20.6 Å². The average Bonchev–Trinajstić information content (AvgIpc) is 2.90. The number of benzene rings is 2. The minimum Gasteiger partial charge on any atom is -0.390 e. The number of hydrogen-bond donors (Lipinski definition) is 6. The lowest BCUT2D eigenvalue weighted by Gasteiger charge is -2.57. The van der Waals surface area contributed by atoms with Crippen molar-refractivity contribution in [1.82, 2.24) is 16.0 Å². The van der Waals surface area contributed by atoms with Crippen LogP contribution in [0.1, 0.15) is 30.0 Å². The summed E-state index contributed by atoms with van der Waals surface area (Å²) in [5.74, 6) is 0. The van der Waals surface area contributed by atoms with E-state index in [1.807, 2.05) is 13.0 Å². The van der Waals surface area contributed by atoms with Gasteiger partial charge in [0.1, 0.15) is 30.0 Å².